The van der Waals surface area contributed by atoms with E-state index < -0.39 is 0 Å². The van der Waals surface area contributed by atoms with E-state index in [9.17, 15) is 0 Å². The number of hydrogen-bond acceptors (Lipinski definition) is 3. The van der Waals surface area contributed by atoms with Crippen molar-refractivity contribution < 1.29 is 0 Å². The molecule has 1 heterocycles. The normalized spacial score (nSPS) is 12.4. The van der Waals surface area contributed by atoms with Crippen LogP contribution in [0.3, 0.4) is 0 Å². The van der Waals surface area contributed by atoms with Crippen molar-refractivity contribution >= 4 is 11.8 Å². The summed E-state index contributed by atoms with van der Waals surface area (Å²) in [5, 5.41) is 0. The van der Waals surface area contributed by atoms with Crippen LogP contribution in [0.5, 0.6) is 0 Å². The summed E-state index contributed by atoms with van der Waals surface area (Å²) in [5.41, 5.74) is 9.58. The van der Waals surface area contributed by atoms with Crippen LogP contribution in [0, 0.1) is 13.8 Å². The van der Waals surface area contributed by atoms with Crippen LogP contribution in [-0.4, -0.2) is 4.98 Å². The first-order valence-electron chi connectivity index (χ1n) is 6.56. The molecule has 2 rings (SSSR count). The molecule has 3 heteroatoms. The van der Waals surface area contributed by atoms with Crippen LogP contribution in [0.4, 0.5) is 0 Å². The monoisotopic (exact) mass is 272 g/mol. The van der Waals surface area contributed by atoms with Gasteiger partial charge in [-0.3, -0.25) is 4.98 Å². The van der Waals surface area contributed by atoms with Gasteiger partial charge in [0.05, 0.1) is 5.69 Å². The van der Waals surface area contributed by atoms with Gasteiger partial charge in [0.2, 0.25) is 0 Å². The van der Waals surface area contributed by atoms with E-state index in [1.54, 1.807) is 11.8 Å². The maximum Gasteiger partial charge on any atom is 0.0571 e. The van der Waals surface area contributed by atoms with Gasteiger partial charge in [-0.25, -0.2) is 0 Å². The topological polar surface area (TPSA) is 38.9 Å². The zero-order valence-electron chi connectivity index (χ0n) is 11.7. The minimum absolute atomic E-state index is 0.0423. The summed E-state index contributed by atoms with van der Waals surface area (Å²) in [6.45, 7) is 6.34. The molecule has 0 spiro atoms. The number of aromatic nitrogens is 1. The lowest BCUT2D eigenvalue weighted by atomic mass is 10.1. The van der Waals surface area contributed by atoms with Crippen LogP contribution >= 0.6 is 11.8 Å². The Labute approximate surface area is 119 Å². The molecule has 0 unspecified atom stereocenters. The lowest BCUT2D eigenvalue weighted by Gasteiger charge is -2.09. The molecule has 0 amide bonds. The molecular formula is C16H20N2S. The molecule has 0 saturated heterocycles. The van der Waals surface area contributed by atoms with Crippen molar-refractivity contribution in [3.63, 3.8) is 0 Å². The highest BCUT2D eigenvalue weighted by atomic mass is 32.2. The fourth-order valence-electron chi connectivity index (χ4n) is 1.79. The summed E-state index contributed by atoms with van der Waals surface area (Å²) >= 11 is 1.74. The molecule has 19 heavy (non-hydrogen) atoms. The van der Waals surface area contributed by atoms with Gasteiger partial charge in [0.25, 0.3) is 0 Å². The Kier molecular flexibility index (Phi) is 4.61. The SMILES string of the molecule is CC[C@H](N)c1ccc(Sc2ccc(C)c(C)c2)cn1. The third-order valence-electron chi connectivity index (χ3n) is 3.29. The highest BCUT2D eigenvalue weighted by Gasteiger charge is 2.05. The first-order valence-corrected chi connectivity index (χ1v) is 7.38. The molecule has 100 valence electrons. The third kappa shape index (κ3) is 3.58. The van der Waals surface area contributed by atoms with Crippen molar-refractivity contribution in [1.82, 2.24) is 4.98 Å². The fourth-order valence-corrected chi connectivity index (χ4v) is 2.68. The maximum atomic E-state index is 5.96. The summed E-state index contributed by atoms with van der Waals surface area (Å²) in [5.74, 6) is 0. The Morgan fingerprint density at radius 2 is 1.84 bits per heavy atom. The van der Waals surface area contributed by atoms with Crippen molar-refractivity contribution in [2.75, 3.05) is 0 Å². The minimum Gasteiger partial charge on any atom is -0.323 e. The predicted molar refractivity (Wildman–Crippen MR) is 81.5 cm³/mol. The van der Waals surface area contributed by atoms with Crippen molar-refractivity contribution in [3.05, 3.63) is 53.3 Å². The zero-order valence-corrected chi connectivity index (χ0v) is 12.5. The first-order chi connectivity index (χ1) is 9.10. The Bertz CT molecular complexity index is 549. The molecule has 2 nitrogen and oxygen atoms in total. The number of benzene rings is 1. The van der Waals surface area contributed by atoms with Gasteiger partial charge in [-0.2, -0.15) is 0 Å². The molecule has 0 bridgehead atoms. The maximum absolute atomic E-state index is 5.96. The summed E-state index contributed by atoms with van der Waals surface area (Å²) < 4.78 is 0. The van der Waals surface area contributed by atoms with E-state index in [4.69, 9.17) is 5.73 Å². The Balaban J connectivity index is 2.12. The molecule has 1 atom stereocenters. The van der Waals surface area contributed by atoms with Gasteiger partial charge in [-0.1, -0.05) is 24.8 Å². The molecule has 1 aromatic carbocycles. The Hall–Kier alpha value is -1.32. The largest absolute Gasteiger partial charge is 0.323 e. The summed E-state index contributed by atoms with van der Waals surface area (Å²) in [6, 6.07) is 10.7. The molecule has 0 fully saturated rings. The fraction of sp³-hybridized carbons (Fsp3) is 0.312. The first kappa shape index (κ1) is 14.1. The van der Waals surface area contributed by atoms with Gasteiger partial charge >= 0.3 is 0 Å². The average molecular weight is 272 g/mol. The van der Waals surface area contributed by atoms with Crippen LogP contribution in [0.15, 0.2) is 46.3 Å². The molecule has 1 aromatic heterocycles. The molecule has 0 saturated carbocycles. The third-order valence-corrected chi connectivity index (χ3v) is 4.26. The Morgan fingerprint density at radius 1 is 1.11 bits per heavy atom. The van der Waals surface area contributed by atoms with Crippen LogP contribution in [0.1, 0.15) is 36.2 Å². The van der Waals surface area contributed by atoms with E-state index in [0.29, 0.717) is 0 Å². The van der Waals surface area contributed by atoms with E-state index in [1.165, 1.54) is 16.0 Å². The lowest BCUT2D eigenvalue weighted by molar-refractivity contribution is 0.674. The van der Waals surface area contributed by atoms with Crippen LogP contribution < -0.4 is 5.73 Å². The number of aryl methyl sites for hydroxylation is 2. The van der Waals surface area contributed by atoms with E-state index in [-0.39, 0.29) is 6.04 Å². The lowest BCUT2D eigenvalue weighted by Crippen LogP contribution is -2.10. The second-order valence-electron chi connectivity index (χ2n) is 4.78. The van der Waals surface area contributed by atoms with Crippen LogP contribution in [0.25, 0.3) is 0 Å². The Morgan fingerprint density at radius 3 is 2.42 bits per heavy atom. The molecule has 0 aliphatic carbocycles. The van der Waals surface area contributed by atoms with Crippen LogP contribution in [0.2, 0.25) is 0 Å². The van der Waals surface area contributed by atoms with E-state index in [1.807, 2.05) is 12.3 Å². The van der Waals surface area contributed by atoms with Gasteiger partial charge < -0.3 is 5.73 Å². The smallest absolute Gasteiger partial charge is 0.0571 e. The highest BCUT2D eigenvalue weighted by molar-refractivity contribution is 7.99. The molecular weight excluding hydrogens is 252 g/mol. The summed E-state index contributed by atoms with van der Waals surface area (Å²) in [7, 11) is 0. The molecule has 0 radical (unpaired) electrons. The number of pyridine rings is 1. The second kappa shape index (κ2) is 6.22. The minimum atomic E-state index is 0.0423. The van der Waals surface area contributed by atoms with Crippen molar-refractivity contribution in [3.8, 4) is 0 Å². The molecule has 2 N–H and O–H groups in total. The van der Waals surface area contributed by atoms with Crippen LogP contribution in [-0.2, 0) is 0 Å². The summed E-state index contributed by atoms with van der Waals surface area (Å²) in [6.07, 6.45) is 2.82. The van der Waals surface area contributed by atoms with E-state index >= 15 is 0 Å². The quantitative estimate of drug-likeness (QED) is 0.904. The summed E-state index contributed by atoms with van der Waals surface area (Å²) in [4.78, 5) is 6.84. The molecule has 0 aliphatic rings. The van der Waals surface area contributed by atoms with E-state index in [2.05, 4.69) is 50.0 Å². The molecule has 0 aliphatic heterocycles. The van der Waals surface area contributed by atoms with E-state index in [0.717, 1.165) is 17.0 Å². The number of hydrogen-bond donors (Lipinski definition) is 1. The van der Waals surface area contributed by atoms with Gasteiger partial charge in [0, 0.05) is 22.0 Å². The number of nitrogens with two attached hydrogens (primary N) is 1. The van der Waals surface area contributed by atoms with Gasteiger partial charge in [-0.15, -0.1) is 0 Å². The second-order valence-corrected chi connectivity index (χ2v) is 5.93. The van der Waals surface area contributed by atoms with Crippen molar-refractivity contribution in [2.24, 2.45) is 5.73 Å². The van der Waals surface area contributed by atoms with Gasteiger partial charge in [0.15, 0.2) is 0 Å². The molecule has 2 aromatic rings. The zero-order chi connectivity index (χ0) is 13.8. The standard InChI is InChI=1S/C16H20N2S/c1-4-15(17)16-8-7-14(10-18-16)19-13-6-5-11(2)12(3)9-13/h5-10,15H,4,17H2,1-3H3/t15-/m0/s1. The number of rotatable bonds is 4. The van der Waals surface area contributed by atoms with Gasteiger partial charge in [0.1, 0.15) is 0 Å². The highest BCUT2D eigenvalue weighted by Crippen LogP contribution is 2.29. The predicted octanol–water partition coefficient (Wildman–Crippen LogP) is 4.26. The average Bonchev–Trinajstić information content (AvgIpc) is 2.43. The van der Waals surface area contributed by atoms with Crippen molar-refractivity contribution in [2.45, 2.75) is 43.0 Å². The van der Waals surface area contributed by atoms with Gasteiger partial charge in [-0.05, 0) is 55.7 Å². The van der Waals surface area contributed by atoms with Crippen molar-refractivity contribution in [1.29, 1.82) is 0 Å². The number of nitrogens with zero attached hydrogens (tertiary/aromatic N) is 1.